The van der Waals surface area contributed by atoms with Crippen molar-refractivity contribution in [3.8, 4) is 0 Å². The number of carbonyl (C=O) groups is 1. The van der Waals surface area contributed by atoms with E-state index in [-0.39, 0.29) is 23.7 Å². The third-order valence-corrected chi connectivity index (χ3v) is 3.60. The molecule has 0 radical (unpaired) electrons. The maximum Gasteiger partial charge on any atom is 0.283 e. The first kappa shape index (κ1) is 14.2. The third kappa shape index (κ3) is 2.09. The highest BCUT2D eigenvalue weighted by Crippen LogP contribution is 2.43. The fourth-order valence-corrected chi connectivity index (χ4v) is 2.10. The summed E-state index contributed by atoms with van der Waals surface area (Å²) in [5.41, 5.74) is 6.86. The van der Waals surface area contributed by atoms with Crippen LogP contribution in [0.15, 0.2) is 23.2 Å². The van der Waals surface area contributed by atoms with Gasteiger partial charge in [-0.1, -0.05) is 0 Å². The molecule has 0 unspecified atom stereocenters. The molecule has 0 aliphatic carbocycles. The first-order valence-corrected chi connectivity index (χ1v) is 5.95. The van der Waals surface area contributed by atoms with Crippen LogP contribution in [0.5, 0.6) is 0 Å². The summed E-state index contributed by atoms with van der Waals surface area (Å²) >= 11 is 0. The number of nitrogens with two attached hydrogens (primary N) is 2. The second-order valence-electron chi connectivity index (χ2n) is 5.05. The number of amides is 1. The SMILES string of the molecule is C[C@@]1(F)CN=C(N)O[C@]1(C)c1cc(C(N)=O)ccc1F. The Morgan fingerprint density at radius 3 is 2.70 bits per heavy atom. The molecule has 20 heavy (non-hydrogen) atoms. The Labute approximate surface area is 114 Å². The number of aliphatic imine (C=N–C) groups is 1. The van der Waals surface area contributed by atoms with E-state index in [1.165, 1.54) is 26.0 Å². The number of amidine groups is 1. The first-order chi connectivity index (χ1) is 9.17. The van der Waals surface area contributed by atoms with Crippen LogP contribution in [0.2, 0.25) is 0 Å². The Morgan fingerprint density at radius 2 is 2.10 bits per heavy atom. The Balaban J connectivity index is 2.61. The molecule has 108 valence electrons. The van der Waals surface area contributed by atoms with Gasteiger partial charge in [-0.25, -0.2) is 13.8 Å². The van der Waals surface area contributed by atoms with Crippen LogP contribution in [-0.2, 0) is 10.3 Å². The van der Waals surface area contributed by atoms with E-state index in [0.717, 1.165) is 6.07 Å². The van der Waals surface area contributed by atoms with Crippen molar-refractivity contribution in [2.45, 2.75) is 25.1 Å². The molecule has 5 nitrogen and oxygen atoms in total. The number of hydrogen-bond donors (Lipinski definition) is 2. The molecule has 4 N–H and O–H groups in total. The minimum absolute atomic E-state index is 0.0584. The van der Waals surface area contributed by atoms with Crippen molar-refractivity contribution in [2.75, 3.05) is 6.54 Å². The topological polar surface area (TPSA) is 90.7 Å². The van der Waals surface area contributed by atoms with Gasteiger partial charge in [0, 0.05) is 11.1 Å². The van der Waals surface area contributed by atoms with Gasteiger partial charge in [-0.3, -0.25) is 4.79 Å². The molecule has 0 bridgehead atoms. The zero-order valence-corrected chi connectivity index (χ0v) is 11.1. The van der Waals surface area contributed by atoms with Crippen LogP contribution in [0, 0.1) is 5.82 Å². The quantitative estimate of drug-likeness (QED) is 0.854. The lowest BCUT2D eigenvalue weighted by Gasteiger charge is -2.42. The molecule has 1 aromatic rings. The number of rotatable bonds is 2. The van der Waals surface area contributed by atoms with Gasteiger partial charge < -0.3 is 16.2 Å². The number of benzene rings is 1. The van der Waals surface area contributed by atoms with Gasteiger partial charge in [0.15, 0.2) is 11.3 Å². The summed E-state index contributed by atoms with van der Waals surface area (Å²) in [6, 6.07) is 3.21. The van der Waals surface area contributed by atoms with Gasteiger partial charge in [0.1, 0.15) is 5.82 Å². The van der Waals surface area contributed by atoms with Gasteiger partial charge in [0.2, 0.25) is 5.91 Å². The molecular weight excluding hydrogens is 268 g/mol. The molecule has 7 heteroatoms. The average Bonchev–Trinajstić information content (AvgIpc) is 2.35. The Hall–Kier alpha value is -2.18. The number of primary amides is 1. The monoisotopic (exact) mass is 283 g/mol. The molecule has 1 aromatic carbocycles. The Kier molecular flexibility index (Phi) is 3.15. The van der Waals surface area contributed by atoms with Crippen molar-refractivity contribution in [1.29, 1.82) is 0 Å². The van der Waals surface area contributed by atoms with Crippen molar-refractivity contribution in [3.63, 3.8) is 0 Å². The van der Waals surface area contributed by atoms with Crippen LogP contribution < -0.4 is 11.5 Å². The molecule has 2 atom stereocenters. The minimum Gasteiger partial charge on any atom is -0.451 e. The zero-order chi connectivity index (χ0) is 15.1. The molecule has 0 saturated carbocycles. The minimum atomic E-state index is -1.99. The summed E-state index contributed by atoms with van der Waals surface area (Å²) < 4.78 is 34.0. The maximum atomic E-state index is 14.7. The fourth-order valence-electron chi connectivity index (χ4n) is 2.10. The second kappa shape index (κ2) is 4.43. The largest absolute Gasteiger partial charge is 0.451 e. The molecule has 1 aliphatic rings. The highest BCUT2D eigenvalue weighted by atomic mass is 19.1. The van der Waals surface area contributed by atoms with E-state index in [1.807, 2.05) is 0 Å². The number of ether oxygens (including phenoxy) is 1. The number of halogens is 2. The third-order valence-electron chi connectivity index (χ3n) is 3.60. The molecule has 1 amide bonds. The predicted octanol–water partition coefficient (Wildman–Crippen LogP) is 1.21. The lowest BCUT2D eigenvalue weighted by Crippen LogP contribution is -2.54. The molecule has 0 spiro atoms. The summed E-state index contributed by atoms with van der Waals surface area (Å²) in [7, 11) is 0. The molecule has 0 fully saturated rings. The van der Waals surface area contributed by atoms with E-state index in [0.29, 0.717) is 0 Å². The second-order valence-corrected chi connectivity index (χ2v) is 5.05. The van der Waals surface area contributed by atoms with E-state index in [9.17, 15) is 13.6 Å². The first-order valence-electron chi connectivity index (χ1n) is 5.95. The number of hydrogen-bond acceptors (Lipinski definition) is 4. The molecule has 0 saturated heterocycles. The van der Waals surface area contributed by atoms with Gasteiger partial charge in [-0.2, -0.15) is 0 Å². The Bertz CT molecular complexity index is 601. The van der Waals surface area contributed by atoms with Gasteiger partial charge >= 0.3 is 0 Å². The summed E-state index contributed by atoms with van der Waals surface area (Å²) in [4.78, 5) is 14.9. The average molecular weight is 283 g/mol. The van der Waals surface area contributed by atoms with Crippen LogP contribution in [0.25, 0.3) is 0 Å². The van der Waals surface area contributed by atoms with Crippen LogP contribution in [0.4, 0.5) is 8.78 Å². The highest BCUT2D eigenvalue weighted by molar-refractivity contribution is 5.93. The number of nitrogens with zero attached hydrogens (tertiary/aromatic N) is 1. The lowest BCUT2D eigenvalue weighted by molar-refractivity contribution is -0.0847. The Morgan fingerprint density at radius 1 is 1.45 bits per heavy atom. The van der Waals surface area contributed by atoms with E-state index < -0.39 is 23.0 Å². The van der Waals surface area contributed by atoms with Crippen molar-refractivity contribution < 1.29 is 18.3 Å². The summed E-state index contributed by atoms with van der Waals surface area (Å²) in [5.74, 6) is -1.45. The van der Waals surface area contributed by atoms with E-state index in [2.05, 4.69) is 4.99 Å². The smallest absolute Gasteiger partial charge is 0.283 e. The van der Waals surface area contributed by atoms with Gasteiger partial charge in [0.05, 0.1) is 6.54 Å². The van der Waals surface area contributed by atoms with Gasteiger partial charge in [-0.05, 0) is 32.0 Å². The van der Waals surface area contributed by atoms with E-state index in [4.69, 9.17) is 16.2 Å². The van der Waals surface area contributed by atoms with Crippen LogP contribution >= 0.6 is 0 Å². The van der Waals surface area contributed by atoms with Crippen molar-refractivity contribution in [3.05, 3.63) is 35.1 Å². The molecule has 2 rings (SSSR count). The number of carbonyl (C=O) groups excluding carboxylic acids is 1. The fraction of sp³-hybridized carbons (Fsp3) is 0.385. The molecular formula is C13H15F2N3O2. The molecule has 1 aliphatic heterocycles. The summed E-state index contributed by atoms with van der Waals surface area (Å²) in [6.45, 7) is 2.33. The summed E-state index contributed by atoms with van der Waals surface area (Å²) in [5, 5.41) is 0. The van der Waals surface area contributed by atoms with Crippen LogP contribution in [0.3, 0.4) is 0 Å². The molecule has 1 heterocycles. The number of alkyl halides is 1. The molecule has 0 aromatic heterocycles. The normalized spacial score (nSPS) is 29.5. The summed E-state index contributed by atoms with van der Waals surface area (Å²) in [6.07, 6.45) is 0. The zero-order valence-electron chi connectivity index (χ0n) is 11.1. The predicted molar refractivity (Wildman–Crippen MR) is 69.4 cm³/mol. The van der Waals surface area contributed by atoms with E-state index in [1.54, 1.807) is 0 Å². The van der Waals surface area contributed by atoms with Crippen LogP contribution in [-0.4, -0.2) is 24.1 Å². The standard InChI is InChI=1S/C13H15F2N3O2/c1-12(15)6-18-11(17)20-13(12,2)8-5-7(10(16)19)3-4-9(8)14/h3-5H,6H2,1-2H3,(H2,16,19)(H2,17,18)/t12-,13-/m1/s1. The van der Waals surface area contributed by atoms with E-state index >= 15 is 0 Å². The van der Waals surface area contributed by atoms with Crippen molar-refractivity contribution >= 4 is 11.9 Å². The highest BCUT2D eigenvalue weighted by Gasteiger charge is 2.53. The van der Waals surface area contributed by atoms with Gasteiger partial charge in [-0.15, -0.1) is 0 Å². The van der Waals surface area contributed by atoms with Crippen LogP contribution in [0.1, 0.15) is 29.8 Å². The van der Waals surface area contributed by atoms with Crippen molar-refractivity contribution in [2.24, 2.45) is 16.5 Å². The maximum absolute atomic E-state index is 14.7. The van der Waals surface area contributed by atoms with Gasteiger partial charge in [0.25, 0.3) is 6.02 Å². The lowest BCUT2D eigenvalue weighted by atomic mass is 9.79. The van der Waals surface area contributed by atoms with Crippen molar-refractivity contribution in [1.82, 2.24) is 0 Å².